The van der Waals surface area contributed by atoms with Gasteiger partial charge in [-0.25, -0.2) is 0 Å². The molecule has 0 bridgehead atoms. The van der Waals surface area contributed by atoms with Crippen molar-refractivity contribution in [1.82, 2.24) is 4.90 Å². The Morgan fingerprint density at radius 3 is 2.57 bits per heavy atom. The summed E-state index contributed by atoms with van der Waals surface area (Å²) in [6, 6.07) is 5.68. The summed E-state index contributed by atoms with van der Waals surface area (Å²) in [5, 5.41) is 0. The van der Waals surface area contributed by atoms with E-state index >= 15 is 0 Å². The Balaban J connectivity index is 2.07. The summed E-state index contributed by atoms with van der Waals surface area (Å²) in [6.07, 6.45) is 0.338. The maximum atomic E-state index is 12.9. The van der Waals surface area contributed by atoms with E-state index in [-0.39, 0.29) is 37.2 Å². The Labute approximate surface area is 166 Å². The molecule has 2 rings (SSSR count). The van der Waals surface area contributed by atoms with Crippen molar-refractivity contribution in [2.75, 3.05) is 31.1 Å². The molecule has 0 aromatic heterocycles. The molecule has 0 radical (unpaired) electrons. The van der Waals surface area contributed by atoms with Crippen LogP contribution in [0.1, 0.15) is 46.1 Å². The summed E-state index contributed by atoms with van der Waals surface area (Å²) >= 11 is 0. The highest BCUT2D eigenvalue weighted by molar-refractivity contribution is 6.02. The van der Waals surface area contributed by atoms with Crippen molar-refractivity contribution in [1.29, 1.82) is 0 Å². The topological polar surface area (TPSA) is 76.2 Å². The Hall–Kier alpha value is -2.57. The van der Waals surface area contributed by atoms with Crippen molar-refractivity contribution in [2.24, 2.45) is 0 Å². The first-order valence-corrected chi connectivity index (χ1v) is 9.74. The maximum Gasteiger partial charge on any atom is 0.307 e. The third-order valence-corrected chi connectivity index (χ3v) is 4.71. The lowest BCUT2D eigenvalue weighted by molar-refractivity contribution is -0.144. The fourth-order valence-electron chi connectivity index (χ4n) is 3.18. The van der Waals surface area contributed by atoms with Crippen LogP contribution in [-0.4, -0.2) is 54.5 Å². The van der Waals surface area contributed by atoms with E-state index in [1.54, 1.807) is 30.6 Å². The van der Waals surface area contributed by atoms with Crippen molar-refractivity contribution in [3.8, 4) is 5.75 Å². The second kappa shape index (κ2) is 9.08. The van der Waals surface area contributed by atoms with E-state index in [1.165, 1.54) is 0 Å². The number of carbonyl (C=O) groups excluding carboxylic acids is 3. The largest absolute Gasteiger partial charge is 0.476 e. The Morgan fingerprint density at radius 2 is 1.93 bits per heavy atom. The van der Waals surface area contributed by atoms with Gasteiger partial charge in [0.2, 0.25) is 5.91 Å². The normalized spacial score (nSPS) is 14.9. The molecule has 7 nitrogen and oxygen atoms in total. The third kappa shape index (κ3) is 5.03. The number of fused-ring (bicyclic) bond motifs is 1. The molecule has 0 aliphatic carbocycles. The molecule has 0 fully saturated rings. The lowest BCUT2D eigenvalue weighted by atomic mass is 10.0. The predicted molar refractivity (Wildman–Crippen MR) is 106 cm³/mol. The minimum Gasteiger partial charge on any atom is -0.476 e. The Kier molecular flexibility index (Phi) is 7.05. The van der Waals surface area contributed by atoms with Crippen LogP contribution < -0.4 is 9.64 Å². The SMILES string of the molecule is CCOC(=O)CCN(CC)C(=O)CCN1C(=O)C(C)(C)Oc2ccc(C)cc21. The minimum atomic E-state index is -0.986. The van der Waals surface area contributed by atoms with Crippen molar-refractivity contribution in [2.45, 2.75) is 53.1 Å². The number of hydrogen-bond donors (Lipinski definition) is 0. The van der Waals surface area contributed by atoms with Gasteiger partial charge in [0.05, 0.1) is 18.7 Å². The fourth-order valence-corrected chi connectivity index (χ4v) is 3.18. The van der Waals surface area contributed by atoms with Crippen LogP contribution in [0.4, 0.5) is 5.69 Å². The first kappa shape index (κ1) is 21.7. The molecule has 1 heterocycles. The van der Waals surface area contributed by atoms with Gasteiger partial charge in [0.15, 0.2) is 5.60 Å². The van der Waals surface area contributed by atoms with Crippen molar-refractivity contribution in [3.63, 3.8) is 0 Å². The molecule has 0 unspecified atom stereocenters. The number of aryl methyl sites for hydroxylation is 1. The molecule has 7 heteroatoms. The molecular weight excluding hydrogens is 360 g/mol. The molecule has 28 heavy (non-hydrogen) atoms. The molecular formula is C21H30N2O5. The van der Waals surface area contributed by atoms with Crippen LogP contribution in [0.2, 0.25) is 0 Å². The zero-order valence-corrected chi connectivity index (χ0v) is 17.4. The Bertz CT molecular complexity index is 744. The summed E-state index contributed by atoms with van der Waals surface area (Å²) in [7, 11) is 0. The monoisotopic (exact) mass is 390 g/mol. The maximum absolute atomic E-state index is 12.9. The molecule has 1 aliphatic rings. The van der Waals surface area contributed by atoms with Crippen LogP contribution in [0.15, 0.2) is 18.2 Å². The van der Waals surface area contributed by atoms with Gasteiger partial charge < -0.3 is 19.3 Å². The number of amides is 2. The molecule has 0 atom stereocenters. The van der Waals surface area contributed by atoms with Crippen LogP contribution in [0, 0.1) is 6.92 Å². The summed E-state index contributed by atoms with van der Waals surface area (Å²) < 4.78 is 10.8. The number of hydrogen-bond acceptors (Lipinski definition) is 5. The third-order valence-electron chi connectivity index (χ3n) is 4.71. The smallest absolute Gasteiger partial charge is 0.307 e. The molecule has 0 saturated heterocycles. The van der Waals surface area contributed by atoms with Crippen LogP contribution in [-0.2, 0) is 19.1 Å². The molecule has 2 amide bonds. The Morgan fingerprint density at radius 1 is 1.21 bits per heavy atom. The molecule has 1 aromatic rings. The highest BCUT2D eigenvalue weighted by atomic mass is 16.5. The summed E-state index contributed by atoms with van der Waals surface area (Å²) in [4.78, 5) is 40.3. The van der Waals surface area contributed by atoms with Crippen LogP contribution in [0.25, 0.3) is 0 Å². The average Bonchev–Trinajstić information content (AvgIpc) is 2.63. The van der Waals surface area contributed by atoms with Gasteiger partial charge in [0.25, 0.3) is 5.91 Å². The van der Waals surface area contributed by atoms with Gasteiger partial charge >= 0.3 is 5.97 Å². The molecule has 0 N–H and O–H groups in total. The lowest BCUT2D eigenvalue weighted by Crippen LogP contribution is -2.53. The van der Waals surface area contributed by atoms with Gasteiger partial charge in [-0.3, -0.25) is 14.4 Å². The number of anilines is 1. The van der Waals surface area contributed by atoms with E-state index < -0.39 is 5.60 Å². The second-order valence-corrected chi connectivity index (χ2v) is 7.32. The fraction of sp³-hybridized carbons (Fsp3) is 0.571. The van der Waals surface area contributed by atoms with E-state index in [0.29, 0.717) is 31.1 Å². The van der Waals surface area contributed by atoms with Gasteiger partial charge in [-0.05, 0) is 52.3 Å². The average molecular weight is 390 g/mol. The van der Waals surface area contributed by atoms with Crippen LogP contribution >= 0.6 is 0 Å². The van der Waals surface area contributed by atoms with Crippen molar-refractivity contribution < 1.29 is 23.9 Å². The number of carbonyl (C=O) groups is 3. The van der Waals surface area contributed by atoms with Crippen molar-refractivity contribution in [3.05, 3.63) is 23.8 Å². The standard InChI is InChI=1S/C21H30N2O5/c1-6-22(12-11-19(25)27-7-2)18(24)10-13-23-16-14-15(3)8-9-17(16)28-21(4,5)20(23)26/h8-9,14H,6-7,10-13H2,1-5H3. The minimum absolute atomic E-state index is 0.0990. The van der Waals surface area contributed by atoms with Gasteiger partial charge in [-0.15, -0.1) is 0 Å². The van der Waals surface area contributed by atoms with Crippen LogP contribution in [0.5, 0.6) is 5.75 Å². The van der Waals surface area contributed by atoms with E-state index in [9.17, 15) is 14.4 Å². The van der Waals surface area contributed by atoms with Crippen molar-refractivity contribution >= 4 is 23.5 Å². The zero-order valence-electron chi connectivity index (χ0n) is 17.4. The van der Waals surface area contributed by atoms with Gasteiger partial charge in [-0.1, -0.05) is 6.07 Å². The lowest BCUT2D eigenvalue weighted by Gasteiger charge is -2.39. The van der Waals surface area contributed by atoms with Gasteiger partial charge in [-0.2, -0.15) is 0 Å². The predicted octanol–water partition coefficient (Wildman–Crippen LogP) is 2.69. The molecule has 154 valence electrons. The molecule has 0 spiro atoms. The first-order chi connectivity index (χ1) is 13.2. The molecule has 1 aromatic carbocycles. The zero-order chi connectivity index (χ0) is 20.9. The number of nitrogens with zero attached hydrogens (tertiary/aromatic N) is 2. The van der Waals surface area contributed by atoms with Gasteiger partial charge in [0, 0.05) is 26.1 Å². The quantitative estimate of drug-likeness (QED) is 0.638. The number of esters is 1. The summed E-state index contributed by atoms with van der Waals surface area (Å²) in [6.45, 7) is 10.4. The summed E-state index contributed by atoms with van der Waals surface area (Å²) in [5.74, 6) is 0.0478. The highest BCUT2D eigenvalue weighted by Crippen LogP contribution is 2.38. The number of ether oxygens (including phenoxy) is 2. The highest BCUT2D eigenvalue weighted by Gasteiger charge is 2.41. The van der Waals surface area contributed by atoms with Crippen LogP contribution in [0.3, 0.4) is 0 Å². The molecule has 0 saturated carbocycles. The first-order valence-electron chi connectivity index (χ1n) is 9.74. The van der Waals surface area contributed by atoms with E-state index in [1.807, 2.05) is 32.0 Å². The van der Waals surface area contributed by atoms with Gasteiger partial charge in [0.1, 0.15) is 5.75 Å². The second-order valence-electron chi connectivity index (χ2n) is 7.32. The van der Waals surface area contributed by atoms with E-state index in [0.717, 1.165) is 5.56 Å². The summed E-state index contributed by atoms with van der Waals surface area (Å²) in [5.41, 5.74) is 0.710. The molecule has 1 aliphatic heterocycles. The van der Waals surface area contributed by atoms with E-state index in [4.69, 9.17) is 9.47 Å². The van der Waals surface area contributed by atoms with E-state index in [2.05, 4.69) is 0 Å². The number of rotatable bonds is 8. The number of benzene rings is 1.